The summed E-state index contributed by atoms with van der Waals surface area (Å²) < 4.78 is 0. The van der Waals surface area contributed by atoms with Crippen LogP contribution in [0, 0.1) is 0 Å². The number of rotatable bonds is 0. The van der Waals surface area contributed by atoms with Crippen LogP contribution in [0.15, 0.2) is 30.1 Å². The number of anilines is 1. The Balaban J connectivity index is 2.48. The largest absolute Gasteiger partial charge is 0.329 e. The van der Waals surface area contributed by atoms with E-state index in [-0.39, 0.29) is 5.82 Å². The highest BCUT2D eigenvalue weighted by atomic mass is 16.1. The minimum Gasteiger partial charge on any atom is -0.329 e. The van der Waals surface area contributed by atoms with Gasteiger partial charge in [0, 0.05) is 0 Å². The van der Waals surface area contributed by atoms with Crippen molar-refractivity contribution in [3.8, 4) is 0 Å². The third-order valence-electron chi connectivity index (χ3n) is 1.49. The Morgan fingerprint density at radius 2 is 2.18 bits per heavy atom. The first-order valence-corrected chi connectivity index (χ1v) is 3.23. The maximum Gasteiger partial charge on any atom is 0.217 e. The van der Waals surface area contributed by atoms with Crippen LogP contribution < -0.4 is 10.6 Å². The highest BCUT2D eigenvalue weighted by Crippen LogP contribution is 2.28. The van der Waals surface area contributed by atoms with E-state index in [0.717, 1.165) is 11.4 Å². The van der Waals surface area contributed by atoms with E-state index < -0.39 is 0 Å². The number of carbonyl (C=O) groups excluding carboxylic acids is 1. The molecule has 2 rings (SSSR count). The average Bonchev–Trinajstić information content (AvgIpc) is 2.46. The van der Waals surface area contributed by atoms with Gasteiger partial charge in [-0.25, -0.2) is 10.1 Å². The molecule has 1 aromatic rings. The molecule has 1 N–H and O–H groups in total. The van der Waals surface area contributed by atoms with Gasteiger partial charge in [0.2, 0.25) is 5.82 Å². The quantitative estimate of drug-likeness (QED) is 0.554. The molecule has 1 radical (unpaired) electrons. The lowest BCUT2D eigenvalue weighted by Gasteiger charge is -1.91. The van der Waals surface area contributed by atoms with Crippen molar-refractivity contribution in [3.63, 3.8) is 0 Å². The fourth-order valence-electron chi connectivity index (χ4n) is 1.00. The second kappa shape index (κ2) is 2.15. The molecule has 3 heteroatoms. The molecule has 0 unspecified atom stereocenters. The van der Waals surface area contributed by atoms with Crippen LogP contribution in [0.25, 0.3) is 0 Å². The monoisotopic (exact) mass is 145 g/mol. The molecule has 0 saturated heterocycles. The van der Waals surface area contributed by atoms with Gasteiger partial charge in [0.1, 0.15) is 0 Å². The zero-order valence-electron chi connectivity index (χ0n) is 5.66. The summed E-state index contributed by atoms with van der Waals surface area (Å²) >= 11 is 0. The molecule has 3 nitrogen and oxygen atoms in total. The molecule has 11 heavy (non-hydrogen) atoms. The molecular formula is C8H5N2O. The van der Waals surface area contributed by atoms with Gasteiger partial charge in [0.05, 0.1) is 11.4 Å². The molecule has 1 aliphatic heterocycles. The summed E-state index contributed by atoms with van der Waals surface area (Å²) in [6, 6.07) is 7.46. The lowest BCUT2D eigenvalue weighted by Crippen LogP contribution is -1.97. The molecule has 0 saturated carbocycles. The third-order valence-corrected chi connectivity index (χ3v) is 1.49. The number of para-hydroxylation sites is 2. The van der Waals surface area contributed by atoms with E-state index in [9.17, 15) is 4.79 Å². The predicted octanol–water partition coefficient (Wildman–Crippen LogP) is 1.02. The Morgan fingerprint density at radius 1 is 1.36 bits per heavy atom. The summed E-state index contributed by atoms with van der Waals surface area (Å²) in [6.45, 7) is 0. The summed E-state index contributed by atoms with van der Waals surface area (Å²) in [6.07, 6.45) is 0. The Hall–Kier alpha value is -1.73. The van der Waals surface area contributed by atoms with Crippen molar-refractivity contribution in [1.82, 2.24) is 5.32 Å². The van der Waals surface area contributed by atoms with E-state index in [2.05, 4.69) is 10.6 Å². The molecule has 0 spiro atoms. The number of hydrogen-bond donors (Lipinski definition) is 1. The van der Waals surface area contributed by atoms with Gasteiger partial charge in [-0.3, -0.25) is 0 Å². The van der Waals surface area contributed by atoms with E-state index in [1.54, 1.807) is 5.94 Å². The first kappa shape index (κ1) is 6.01. The van der Waals surface area contributed by atoms with Gasteiger partial charge in [0.15, 0.2) is 5.94 Å². The molecule has 0 aromatic heterocycles. The van der Waals surface area contributed by atoms with Gasteiger partial charge in [0.25, 0.3) is 0 Å². The van der Waals surface area contributed by atoms with Gasteiger partial charge in [-0.15, -0.1) is 0 Å². The summed E-state index contributed by atoms with van der Waals surface area (Å²) in [5, 5.41) is 6.76. The zero-order chi connectivity index (χ0) is 7.68. The van der Waals surface area contributed by atoms with Crippen LogP contribution >= 0.6 is 0 Å². The standard InChI is InChI=1S/C8H5N2O/c11-5-8-9-6-3-1-2-4-7(6)10-8/h1-4,9H. The van der Waals surface area contributed by atoms with Crippen molar-refractivity contribution >= 4 is 17.3 Å². The van der Waals surface area contributed by atoms with Gasteiger partial charge in [-0.2, -0.15) is 0 Å². The van der Waals surface area contributed by atoms with Crippen molar-refractivity contribution in [1.29, 1.82) is 0 Å². The van der Waals surface area contributed by atoms with Crippen LogP contribution in [-0.4, -0.2) is 5.94 Å². The van der Waals surface area contributed by atoms with E-state index in [4.69, 9.17) is 0 Å². The topological polar surface area (TPSA) is 43.2 Å². The molecule has 53 valence electrons. The van der Waals surface area contributed by atoms with Gasteiger partial charge >= 0.3 is 0 Å². The maximum atomic E-state index is 10.2. The zero-order valence-corrected chi connectivity index (χ0v) is 5.66. The number of nitrogens with one attached hydrogen (secondary N) is 1. The second-order valence-electron chi connectivity index (χ2n) is 2.20. The first-order chi connectivity index (χ1) is 5.40. The van der Waals surface area contributed by atoms with Crippen LogP contribution in [-0.2, 0) is 4.79 Å². The Labute approximate surface area is 63.7 Å². The molecule has 1 aromatic carbocycles. The summed E-state index contributed by atoms with van der Waals surface area (Å²) in [5.41, 5.74) is 1.66. The highest BCUT2D eigenvalue weighted by molar-refractivity contribution is 5.78. The van der Waals surface area contributed by atoms with Crippen LogP contribution in [0.5, 0.6) is 0 Å². The molecule has 0 fully saturated rings. The van der Waals surface area contributed by atoms with E-state index in [0.29, 0.717) is 0 Å². The van der Waals surface area contributed by atoms with Crippen LogP contribution in [0.4, 0.5) is 11.4 Å². The smallest absolute Gasteiger partial charge is 0.217 e. The number of benzene rings is 1. The van der Waals surface area contributed by atoms with Gasteiger partial charge in [-0.1, -0.05) is 12.1 Å². The fraction of sp³-hybridized carbons (Fsp3) is 0. The van der Waals surface area contributed by atoms with Crippen LogP contribution in [0.1, 0.15) is 0 Å². The minimum atomic E-state index is 0.256. The molecule has 0 amide bonds. The number of hydrogen-bond acceptors (Lipinski definition) is 2. The summed E-state index contributed by atoms with van der Waals surface area (Å²) in [5.74, 6) is 1.96. The Morgan fingerprint density at radius 3 is 2.91 bits per heavy atom. The minimum absolute atomic E-state index is 0.256. The summed E-state index contributed by atoms with van der Waals surface area (Å²) in [4.78, 5) is 10.2. The second-order valence-corrected chi connectivity index (χ2v) is 2.20. The van der Waals surface area contributed by atoms with E-state index in [1.807, 2.05) is 24.3 Å². The maximum absolute atomic E-state index is 10.2. The fourth-order valence-corrected chi connectivity index (χ4v) is 1.00. The predicted molar refractivity (Wildman–Crippen MR) is 41.1 cm³/mol. The van der Waals surface area contributed by atoms with E-state index >= 15 is 0 Å². The highest BCUT2D eigenvalue weighted by Gasteiger charge is 2.14. The van der Waals surface area contributed by atoms with Gasteiger partial charge < -0.3 is 5.32 Å². The van der Waals surface area contributed by atoms with Crippen LogP contribution in [0.2, 0.25) is 0 Å². The Bertz CT molecular complexity index is 313. The average molecular weight is 145 g/mol. The molecule has 0 bridgehead atoms. The normalized spacial score (nSPS) is 12.9. The summed E-state index contributed by atoms with van der Waals surface area (Å²) in [7, 11) is 0. The molecule has 1 aliphatic rings. The molecule has 1 heterocycles. The lowest BCUT2D eigenvalue weighted by atomic mass is 10.3. The van der Waals surface area contributed by atoms with Crippen molar-refractivity contribution < 1.29 is 4.79 Å². The molecule has 0 atom stereocenters. The third kappa shape index (κ3) is 0.876. The van der Waals surface area contributed by atoms with E-state index in [1.165, 1.54) is 0 Å². The van der Waals surface area contributed by atoms with Gasteiger partial charge in [-0.05, 0) is 12.1 Å². The van der Waals surface area contributed by atoms with Crippen molar-refractivity contribution in [2.75, 3.05) is 5.32 Å². The van der Waals surface area contributed by atoms with Crippen LogP contribution in [0.3, 0.4) is 0 Å². The van der Waals surface area contributed by atoms with Crippen molar-refractivity contribution in [2.45, 2.75) is 0 Å². The number of nitrogens with zero attached hydrogens (tertiary/aromatic N) is 1. The molecular weight excluding hydrogens is 140 g/mol. The molecule has 0 aliphatic carbocycles. The first-order valence-electron chi connectivity index (χ1n) is 3.23. The SMILES string of the molecule is O=C=C1[N]c2ccccc2N1. The lowest BCUT2D eigenvalue weighted by molar-refractivity contribution is 0.566. The Kier molecular flexibility index (Phi) is 1.17. The van der Waals surface area contributed by atoms with Crippen molar-refractivity contribution in [3.05, 3.63) is 30.1 Å². The van der Waals surface area contributed by atoms with Crippen molar-refractivity contribution in [2.24, 2.45) is 0 Å². The number of fused-ring (bicyclic) bond motifs is 1.